The number of piperidine rings is 1. The number of amides is 2. The Bertz CT molecular complexity index is 891. The van der Waals surface area contributed by atoms with Crippen LogP contribution in [0.3, 0.4) is 0 Å². The van der Waals surface area contributed by atoms with Gasteiger partial charge in [0.2, 0.25) is 11.8 Å². The van der Waals surface area contributed by atoms with Gasteiger partial charge in [-0.1, -0.05) is 42.5 Å². The molecule has 29 heavy (non-hydrogen) atoms. The standard InChI is InChI=1S/C21H24N4O4/c1-29-16-10-6-5-9-15(16)23-20(27)17-18(26)14-11-22-25(19(14)24-21(17)28)12-13-7-3-2-4-8-13/h2-10,14,17-19,22,26H,11-12H2,1H3,(H,23,27)(H,24,28). The summed E-state index contributed by atoms with van der Waals surface area (Å²) in [7, 11) is 1.50. The topological polar surface area (TPSA) is 103 Å². The molecule has 2 aliphatic heterocycles. The van der Waals surface area contributed by atoms with Gasteiger partial charge >= 0.3 is 0 Å². The van der Waals surface area contributed by atoms with Crippen molar-refractivity contribution in [2.75, 3.05) is 19.0 Å². The molecule has 4 atom stereocenters. The lowest BCUT2D eigenvalue weighted by molar-refractivity contribution is -0.146. The van der Waals surface area contributed by atoms with Gasteiger partial charge in [0.05, 0.1) is 18.9 Å². The van der Waals surface area contributed by atoms with Gasteiger partial charge in [-0.05, 0) is 17.7 Å². The van der Waals surface area contributed by atoms with Crippen molar-refractivity contribution in [3.05, 3.63) is 60.2 Å². The van der Waals surface area contributed by atoms with Crippen molar-refractivity contribution in [2.24, 2.45) is 11.8 Å². The number of nitrogens with one attached hydrogen (secondary N) is 3. The lowest BCUT2D eigenvalue weighted by Crippen LogP contribution is -2.62. The predicted molar refractivity (Wildman–Crippen MR) is 107 cm³/mol. The number of para-hydroxylation sites is 2. The van der Waals surface area contributed by atoms with Gasteiger partial charge in [0.25, 0.3) is 0 Å². The monoisotopic (exact) mass is 396 g/mol. The first-order valence-electron chi connectivity index (χ1n) is 9.55. The Labute approximate surface area is 168 Å². The number of fused-ring (bicyclic) bond motifs is 1. The Morgan fingerprint density at radius 3 is 2.69 bits per heavy atom. The number of benzene rings is 2. The van der Waals surface area contributed by atoms with Crippen molar-refractivity contribution >= 4 is 17.5 Å². The minimum Gasteiger partial charge on any atom is -0.495 e. The van der Waals surface area contributed by atoms with E-state index < -0.39 is 23.8 Å². The zero-order valence-electron chi connectivity index (χ0n) is 16.0. The summed E-state index contributed by atoms with van der Waals surface area (Å²) >= 11 is 0. The van der Waals surface area contributed by atoms with Crippen LogP contribution >= 0.6 is 0 Å². The molecule has 2 aliphatic rings. The van der Waals surface area contributed by atoms with E-state index in [0.717, 1.165) is 5.56 Å². The third kappa shape index (κ3) is 3.82. The number of methoxy groups -OCH3 is 1. The predicted octanol–water partition coefficient (Wildman–Crippen LogP) is 0.703. The number of hydrogen-bond acceptors (Lipinski definition) is 6. The van der Waals surface area contributed by atoms with Crippen LogP contribution in [-0.2, 0) is 16.1 Å². The number of rotatable bonds is 5. The van der Waals surface area contributed by atoms with E-state index in [1.807, 2.05) is 35.3 Å². The molecule has 4 N–H and O–H groups in total. The number of aliphatic hydroxyl groups is 1. The summed E-state index contributed by atoms with van der Waals surface area (Å²) in [5, 5.41) is 18.3. The number of carbonyl (C=O) groups excluding carboxylic acids is 2. The van der Waals surface area contributed by atoms with Crippen LogP contribution in [0.4, 0.5) is 5.69 Å². The highest BCUT2D eigenvalue weighted by atomic mass is 16.5. The molecule has 4 unspecified atom stereocenters. The quantitative estimate of drug-likeness (QED) is 0.555. The van der Waals surface area contributed by atoms with Crippen LogP contribution in [0.25, 0.3) is 0 Å². The number of anilines is 1. The fourth-order valence-corrected chi connectivity index (χ4v) is 3.96. The van der Waals surface area contributed by atoms with Crippen LogP contribution in [0.5, 0.6) is 5.75 Å². The Kier molecular flexibility index (Phi) is 5.48. The molecule has 4 rings (SSSR count). The van der Waals surface area contributed by atoms with Crippen LogP contribution in [0.1, 0.15) is 5.56 Å². The second kappa shape index (κ2) is 8.20. The zero-order valence-corrected chi connectivity index (χ0v) is 16.0. The van der Waals surface area contributed by atoms with Crippen LogP contribution in [0, 0.1) is 11.8 Å². The van der Waals surface area contributed by atoms with Crippen LogP contribution in [0.2, 0.25) is 0 Å². The second-order valence-corrected chi connectivity index (χ2v) is 7.25. The SMILES string of the molecule is COc1ccccc1NC(=O)C1C(=O)NC2C(CNN2Cc2ccccc2)C1O. The average Bonchev–Trinajstić information content (AvgIpc) is 3.12. The van der Waals surface area contributed by atoms with Gasteiger partial charge in [-0.15, -0.1) is 0 Å². The maximum atomic E-state index is 12.8. The van der Waals surface area contributed by atoms with E-state index in [0.29, 0.717) is 24.5 Å². The van der Waals surface area contributed by atoms with E-state index in [9.17, 15) is 14.7 Å². The average molecular weight is 396 g/mol. The first-order chi connectivity index (χ1) is 14.1. The molecule has 2 heterocycles. The molecule has 2 aromatic carbocycles. The van der Waals surface area contributed by atoms with Crippen LogP contribution < -0.4 is 20.8 Å². The normalized spacial score (nSPS) is 26.5. The molecule has 0 radical (unpaired) electrons. The summed E-state index contributed by atoms with van der Waals surface area (Å²) in [5.41, 5.74) is 4.77. The number of aliphatic hydroxyl groups excluding tert-OH is 1. The van der Waals surface area contributed by atoms with Crippen molar-refractivity contribution < 1.29 is 19.4 Å². The number of carbonyl (C=O) groups is 2. The lowest BCUT2D eigenvalue weighted by atomic mass is 9.84. The van der Waals surface area contributed by atoms with Crippen molar-refractivity contribution in [3.8, 4) is 5.75 Å². The number of hydrogen-bond donors (Lipinski definition) is 4. The Hall–Kier alpha value is -2.94. The van der Waals surface area contributed by atoms with Crippen molar-refractivity contribution in [1.82, 2.24) is 15.8 Å². The largest absolute Gasteiger partial charge is 0.495 e. The molecular formula is C21H24N4O4. The third-order valence-electron chi connectivity index (χ3n) is 5.47. The number of ether oxygens (including phenoxy) is 1. The van der Waals surface area contributed by atoms with E-state index >= 15 is 0 Å². The van der Waals surface area contributed by atoms with E-state index in [4.69, 9.17) is 4.74 Å². The Morgan fingerprint density at radius 1 is 1.21 bits per heavy atom. The summed E-state index contributed by atoms with van der Waals surface area (Å²) in [4.78, 5) is 25.5. The minimum absolute atomic E-state index is 0.301. The molecule has 0 saturated carbocycles. The van der Waals surface area contributed by atoms with Gasteiger partial charge < -0.3 is 20.5 Å². The summed E-state index contributed by atoms with van der Waals surface area (Å²) < 4.78 is 5.23. The minimum atomic E-state index is -1.19. The molecule has 8 nitrogen and oxygen atoms in total. The first-order valence-corrected chi connectivity index (χ1v) is 9.55. The molecule has 2 amide bonds. The van der Waals surface area contributed by atoms with Crippen molar-refractivity contribution in [3.63, 3.8) is 0 Å². The van der Waals surface area contributed by atoms with Gasteiger partial charge in [0.1, 0.15) is 17.8 Å². The molecule has 0 spiro atoms. The molecule has 2 fully saturated rings. The van der Waals surface area contributed by atoms with Gasteiger partial charge in [-0.2, -0.15) is 0 Å². The summed E-state index contributed by atoms with van der Waals surface area (Å²) in [6, 6.07) is 16.8. The molecule has 0 bridgehead atoms. The maximum Gasteiger partial charge on any atom is 0.239 e. The van der Waals surface area contributed by atoms with Gasteiger partial charge in [0, 0.05) is 19.0 Å². The molecule has 8 heteroatoms. The molecular weight excluding hydrogens is 372 g/mol. The van der Waals surface area contributed by atoms with Gasteiger partial charge in [0.15, 0.2) is 0 Å². The van der Waals surface area contributed by atoms with E-state index in [1.165, 1.54) is 7.11 Å². The van der Waals surface area contributed by atoms with Gasteiger partial charge in [-0.25, -0.2) is 5.01 Å². The van der Waals surface area contributed by atoms with Crippen molar-refractivity contribution in [2.45, 2.75) is 18.8 Å². The second-order valence-electron chi connectivity index (χ2n) is 7.25. The maximum absolute atomic E-state index is 12.8. The fourth-order valence-electron chi connectivity index (χ4n) is 3.96. The zero-order chi connectivity index (χ0) is 20.4. The fraction of sp³-hybridized carbons (Fsp3) is 0.333. The number of hydrazine groups is 1. The highest BCUT2D eigenvalue weighted by molar-refractivity contribution is 6.08. The lowest BCUT2D eigenvalue weighted by Gasteiger charge is -2.38. The van der Waals surface area contributed by atoms with E-state index in [2.05, 4.69) is 16.1 Å². The van der Waals surface area contributed by atoms with E-state index in [-0.39, 0.29) is 12.1 Å². The summed E-state index contributed by atoms with van der Waals surface area (Å²) in [6.45, 7) is 1.05. The summed E-state index contributed by atoms with van der Waals surface area (Å²) in [6.07, 6.45) is -1.48. The molecule has 0 aromatic heterocycles. The smallest absolute Gasteiger partial charge is 0.239 e. The highest BCUT2D eigenvalue weighted by Crippen LogP contribution is 2.31. The Morgan fingerprint density at radius 2 is 1.93 bits per heavy atom. The van der Waals surface area contributed by atoms with E-state index in [1.54, 1.807) is 24.3 Å². The third-order valence-corrected chi connectivity index (χ3v) is 5.47. The molecule has 2 aromatic rings. The molecule has 152 valence electrons. The molecule has 0 aliphatic carbocycles. The Balaban J connectivity index is 1.47. The molecule has 2 saturated heterocycles. The first kappa shape index (κ1) is 19.4. The van der Waals surface area contributed by atoms with Gasteiger partial charge in [-0.3, -0.25) is 15.0 Å². The van der Waals surface area contributed by atoms with Crippen molar-refractivity contribution in [1.29, 1.82) is 0 Å². The number of nitrogens with zero attached hydrogens (tertiary/aromatic N) is 1. The van der Waals surface area contributed by atoms with Crippen LogP contribution in [0.15, 0.2) is 54.6 Å². The summed E-state index contributed by atoms with van der Waals surface area (Å²) in [5.74, 6) is -2.06. The van der Waals surface area contributed by atoms with Crippen LogP contribution in [-0.4, -0.2) is 47.9 Å². The highest BCUT2D eigenvalue weighted by Gasteiger charge is 2.51.